The van der Waals surface area contributed by atoms with Crippen molar-refractivity contribution >= 4 is 40.2 Å². The number of nitro groups is 1. The van der Waals surface area contributed by atoms with Crippen LogP contribution in [0.1, 0.15) is 10.9 Å². The van der Waals surface area contributed by atoms with Gasteiger partial charge in [0, 0.05) is 29.7 Å². The number of thioether (sulfide) groups is 1. The average Bonchev–Trinajstić information content (AvgIpc) is 3.26. The van der Waals surface area contributed by atoms with Crippen LogP contribution in [0.4, 0.5) is 5.69 Å². The molecule has 1 fully saturated rings. The molecule has 1 aliphatic heterocycles. The highest BCUT2D eigenvalue weighted by Crippen LogP contribution is 2.37. The first kappa shape index (κ1) is 24.1. The lowest BCUT2D eigenvalue weighted by Gasteiger charge is -2.24. The minimum absolute atomic E-state index is 0.0656. The summed E-state index contributed by atoms with van der Waals surface area (Å²) in [5.74, 6) is -0.411. The van der Waals surface area contributed by atoms with Gasteiger partial charge in [-0.25, -0.2) is 9.80 Å². The summed E-state index contributed by atoms with van der Waals surface area (Å²) in [5.41, 5.74) is 4.52. The van der Waals surface area contributed by atoms with Gasteiger partial charge in [0.15, 0.2) is 6.61 Å². The van der Waals surface area contributed by atoms with Gasteiger partial charge in [0.05, 0.1) is 10.7 Å². The molecule has 3 aromatic carbocycles. The molecule has 5 rings (SSSR count). The number of rotatable bonds is 7. The van der Waals surface area contributed by atoms with Crippen molar-refractivity contribution in [1.82, 2.24) is 10.4 Å². The highest BCUT2D eigenvalue weighted by molar-refractivity contribution is 8.00. The number of amides is 2. The summed E-state index contributed by atoms with van der Waals surface area (Å²) in [7, 11) is 0. The molecule has 0 saturated carbocycles. The van der Waals surface area contributed by atoms with E-state index in [1.54, 1.807) is 24.3 Å². The molecule has 37 heavy (non-hydrogen) atoms. The molecule has 0 radical (unpaired) electrons. The van der Waals surface area contributed by atoms with E-state index in [4.69, 9.17) is 9.15 Å². The Morgan fingerprint density at radius 1 is 1.08 bits per heavy atom. The molecule has 1 N–H and O–H groups in total. The van der Waals surface area contributed by atoms with Crippen LogP contribution in [-0.4, -0.2) is 34.1 Å². The van der Waals surface area contributed by atoms with E-state index in [9.17, 15) is 24.5 Å². The number of carbonyl (C=O) groups is 2. The lowest BCUT2D eigenvalue weighted by molar-refractivity contribution is -0.384. The van der Waals surface area contributed by atoms with E-state index in [1.165, 1.54) is 41.0 Å². The van der Waals surface area contributed by atoms with Crippen molar-refractivity contribution in [3.05, 3.63) is 105 Å². The average molecular weight is 518 g/mol. The van der Waals surface area contributed by atoms with Crippen LogP contribution in [0.3, 0.4) is 0 Å². The Kier molecular flexibility index (Phi) is 6.60. The van der Waals surface area contributed by atoms with Gasteiger partial charge in [-0.2, -0.15) is 0 Å². The standard InChI is InChI=1S/C26H19N3O7S/c30-23(27-28-24(31)15-37-26(28)17-6-8-18(9-7-17)29(33)34)14-35-19-10-11-20-21(16-4-2-1-3-5-16)13-25(32)36-22(20)12-19/h1-13,26H,14-15H2,(H,27,30). The smallest absolute Gasteiger partial charge is 0.336 e. The Morgan fingerprint density at radius 3 is 2.57 bits per heavy atom. The highest BCUT2D eigenvalue weighted by Gasteiger charge is 2.34. The third-order valence-corrected chi connectivity index (χ3v) is 6.89. The van der Waals surface area contributed by atoms with Gasteiger partial charge in [0.25, 0.3) is 17.5 Å². The highest BCUT2D eigenvalue weighted by atomic mass is 32.2. The van der Waals surface area contributed by atoms with Gasteiger partial charge >= 0.3 is 5.63 Å². The number of ether oxygens (including phenoxy) is 1. The van der Waals surface area contributed by atoms with Crippen molar-refractivity contribution in [2.45, 2.75) is 5.37 Å². The predicted octanol–water partition coefficient (Wildman–Crippen LogP) is 4.05. The van der Waals surface area contributed by atoms with E-state index in [-0.39, 0.29) is 17.3 Å². The summed E-state index contributed by atoms with van der Waals surface area (Å²) < 4.78 is 10.9. The normalized spacial score (nSPS) is 15.1. The fraction of sp³-hybridized carbons (Fsp3) is 0.115. The van der Waals surface area contributed by atoms with E-state index in [0.717, 1.165) is 11.1 Å². The maximum atomic E-state index is 12.6. The van der Waals surface area contributed by atoms with E-state index in [1.807, 2.05) is 30.3 Å². The van der Waals surface area contributed by atoms with Gasteiger partial charge in [0.2, 0.25) is 0 Å². The number of hydrogen-bond donors (Lipinski definition) is 1. The molecule has 2 amide bonds. The summed E-state index contributed by atoms with van der Waals surface area (Å²) in [6.45, 7) is -0.393. The number of nitrogens with one attached hydrogen (secondary N) is 1. The molecule has 11 heteroatoms. The van der Waals surface area contributed by atoms with Crippen LogP contribution in [0.25, 0.3) is 22.1 Å². The van der Waals surface area contributed by atoms with E-state index in [0.29, 0.717) is 22.3 Å². The van der Waals surface area contributed by atoms with Crippen molar-refractivity contribution in [2.24, 2.45) is 0 Å². The molecule has 0 bridgehead atoms. The van der Waals surface area contributed by atoms with E-state index >= 15 is 0 Å². The van der Waals surface area contributed by atoms with Gasteiger partial charge in [-0.1, -0.05) is 30.3 Å². The summed E-state index contributed by atoms with van der Waals surface area (Å²) in [5, 5.41) is 12.3. The SMILES string of the molecule is O=C(COc1ccc2c(-c3ccccc3)cc(=O)oc2c1)NN1C(=O)CSC1c1ccc([N+](=O)[O-])cc1. The van der Waals surface area contributed by atoms with Crippen LogP contribution in [-0.2, 0) is 9.59 Å². The second-order valence-corrected chi connectivity index (χ2v) is 9.17. The molecule has 1 atom stereocenters. The molecule has 2 heterocycles. The van der Waals surface area contributed by atoms with E-state index in [2.05, 4.69) is 5.43 Å². The molecule has 0 spiro atoms. The second kappa shape index (κ2) is 10.2. The monoisotopic (exact) mass is 517 g/mol. The molecule has 1 unspecified atom stereocenters. The van der Waals surface area contributed by atoms with Gasteiger partial charge in [-0.05, 0) is 41.0 Å². The van der Waals surface area contributed by atoms with Crippen LogP contribution >= 0.6 is 11.8 Å². The lowest BCUT2D eigenvalue weighted by atomic mass is 10.0. The largest absolute Gasteiger partial charge is 0.484 e. The van der Waals surface area contributed by atoms with Crippen LogP contribution in [0, 0.1) is 10.1 Å². The number of hydrazine groups is 1. The molecule has 10 nitrogen and oxygen atoms in total. The van der Waals surface area contributed by atoms with Gasteiger partial charge in [-0.15, -0.1) is 11.8 Å². The van der Waals surface area contributed by atoms with Crippen LogP contribution in [0.5, 0.6) is 5.75 Å². The fourth-order valence-electron chi connectivity index (χ4n) is 3.96. The van der Waals surface area contributed by atoms with Crippen molar-refractivity contribution in [3.63, 3.8) is 0 Å². The van der Waals surface area contributed by atoms with Crippen molar-refractivity contribution in [1.29, 1.82) is 0 Å². The minimum Gasteiger partial charge on any atom is -0.484 e. The maximum absolute atomic E-state index is 12.6. The third kappa shape index (κ3) is 5.16. The fourth-order valence-corrected chi connectivity index (χ4v) is 5.07. The minimum atomic E-state index is -0.567. The van der Waals surface area contributed by atoms with Crippen LogP contribution in [0.15, 0.2) is 88.1 Å². The first-order valence-corrected chi connectivity index (χ1v) is 12.2. The quantitative estimate of drug-likeness (QED) is 0.221. The zero-order valence-electron chi connectivity index (χ0n) is 19.2. The molecule has 1 aromatic heterocycles. The lowest BCUT2D eigenvalue weighted by Crippen LogP contribution is -2.46. The van der Waals surface area contributed by atoms with Gasteiger partial charge < -0.3 is 9.15 Å². The summed E-state index contributed by atoms with van der Waals surface area (Å²) >= 11 is 1.29. The van der Waals surface area contributed by atoms with E-state index < -0.39 is 28.4 Å². The Bertz CT molecular complexity index is 1550. The molecule has 1 aliphatic rings. The van der Waals surface area contributed by atoms with Crippen molar-refractivity contribution < 1.29 is 23.7 Å². The molecule has 1 saturated heterocycles. The number of carbonyl (C=O) groups excluding carboxylic acids is 2. The Labute approximate surface area is 214 Å². The third-order valence-electron chi connectivity index (χ3n) is 5.67. The molecular weight excluding hydrogens is 498 g/mol. The Balaban J connectivity index is 1.28. The number of nitrogens with zero attached hydrogens (tertiary/aromatic N) is 2. The zero-order valence-corrected chi connectivity index (χ0v) is 20.0. The van der Waals surface area contributed by atoms with Gasteiger partial charge in [-0.3, -0.25) is 25.1 Å². The van der Waals surface area contributed by atoms with Crippen molar-refractivity contribution in [2.75, 3.05) is 12.4 Å². The number of benzene rings is 3. The Hall–Kier alpha value is -4.64. The maximum Gasteiger partial charge on any atom is 0.336 e. The number of fused-ring (bicyclic) bond motifs is 1. The second-order valence-electron chi connectivity index (χ2n) is 8.10. The van der Waals surface area contributed by atoms with Crippen molar-refractivity contribution in [3.8, 4) is 16.9 Å². The Morgan fingerprint density at radius 2 is 1.84 bits per heavy atom. The van der Waals surface area contributed by atoms with Crippen LogP contribution in [0.2, 0.25) is 0 Å². The molecule has 4 aromatic rings. The summed E-state index contributed by atoms with van der Waals surface area (Å²) in [6.07, 6.45) is 0. The molecule has 186 valence electrons. The number of non-ortho nitro benzene ring substituents is 1. The van der Waals surface area contributed by atoms with Crippen LogP contribution < -0.4 is 15.8 Å². The number of hydrogen-bond acceptors (Lipinski definition) is 8. The first-order valence-electron chi connectivity index (χ1n) is 11.1. The molecule has 0 aliphatic carbocycles. The zero-order chi connectivity index (χ0) is 25.9. The predicted molar refractivity (Wildman–Crippen MR) is 137 cm³/mol. The first-order chi connectivity index (χ1) is 17.9. The molecular formula is C26H19N3O7S. The topological polar surface area (TPSA) is 132 Å². The summed E-state index contributed by atoms with van der Waals surface area (Å²) in [6, 6.07) is 21.6. The van der Waals surface area contributed by atoms with Gasteiger partial charge in [0.1, 0.15) is 16.7 Å². The number of nitro benzene ring substituents is 1. The summed E-state index contributed by atoms with van der Waals surface area (Å²) in [4.78, 5) is 47.5.